The maximum Gasteiger partial charge on any atom is 0.231 e. The Bertz CT molecular complexity index is 834. The van der Waals surface area contributed by atoms with Crippen molar-refractivity contribution in [2.24, 2.45) is 4.99 Å². The van der Waals surface area contributed by atoms with Crippen molar-refractivity contribution >= 4 is 5.96 Å². The summed E-state index contributed by atoms with van der Waals surface area (Å²) in [6.07, 6.45) is 1.97. The molecule has 1 fully saturated rings. The third-order valence-corrected chi connectivity index (χ3v) is 5.01. The topological polar surface area (TPSA) is 54.9 Å². The van der Waals surface area contributed by atoms with Gasteiger partial charge in [0.15, 0.2) is 17.5 Å². The highest BCUT2D eigenvalue weighted by Crippen LogP contribution is 2.48. The smallest absolute Gasteiger partial charge is 0.231 e. The lowest BCUT2D eigenvalue weighted by atomic mass is 9.95. The molecule has 0 unspecified atom stereocenters. The standard InChI is InChI=1S/C20H22FN3O2/c1-22-19(23-11-14-6-7-17-18(10-14)26-13-25-17)24-12-20(8-9-20)15-4-2-3-5-16(15)21/h2-7,10H,8-9,11-13H2,1H3,(H2,22,23,24). The molecule has 2 aromatic rings. The SMILES string of the molecule is CN=C(NCc1ccc2c(c1)OCO2)NCC1(c2ccccc2F)CC1. The summed E-state index contributed by atoms with van der Waals surface area (Å²) in [7, 11) is 1.73. The van der Waals surface area contributed by atoms with Crippen LogP contribution in [0.4, 0.5) is 4.39 Å². The Balaban J connectivity index is 1.35. The number of aliphatic imine (C=N–C) groups is 1. The van der Waals surface area contributed by atoms with E-state index in [2.05, 4.69) is 15.6 Å². The van der Waals surface area contributed by atoms with E-state index in [1.807, 2.05) is 30.3 Å². The molecule has 1 heterocycles. The van der Waals surface area contributed by atoms with Crippen LogP contribution >= 0.6 is 0 Å². The fraction of sp³-hybridized carbons (Fsp3) is 0.350. The summed E-state index contributed by atoms with van der Waals surface area (Å²) in [5.41, 5.74) is 1.74. The summed E-state index contributed by atoms with van der Waals surface area (Å²) in [5, 5.41) is 6.63. The zero-order chi connectivity index (χ0) is 18.0. The average Bonchev–Trinajstić information content (AvgIpc) is 3.30. The first-order chi connectivity index (χ1) is 12.7. The van der Waals surface area contributed by atoms with Gasteiger partial charge in [0.25, 0.3) is 0 Å². The number of hydrogen-bond acceptors (Lipinski definition) is 3. The zero-order valence-corrected chi connectivity index (χ0v) is 14.7. The summed E-state index contributed by atoms with van der Waals surface area (Å²) in [4.78, 5) is 4.27. The molecule has 26 heavy (non-hydrogen) atoms. The number of hydrogen-bond donors (Lipinski definition) is 2. The van der Waals surface area contributed by atoms with Crippen LogP contribution in [0.1, 0.15) is 24.0 Å². The first-order valence-corrected chi connectivity index (χ1v) is 8.78. The van der Waals surface area contributed by atoms with Gasteiger partial charge in [-0.1, -0.05) is 24.3 Å². The van der Waals surface area contributed by atoms with Crippen LogP contribution in [0.2, 0.25) is 0 Å². The summed E-state index contributed by atoms with van der Waals surface area (Å²) >= 11 is 0. The minimum absolute atomic E-state index is 0.123. The predicted octanol–water partition coefficient (Wildman–Crippen LogP) is 2.95. The van der Waals surface area contributed by atoms with Crippen LogP contribution in [0.25, 0.3) is 0 Å². The molecule has 1 aliphatic heterocycles. The van der Waals surface area contributed by atoms with Crippen LogP contribution in [-0.4, -0.2) is 26.3 Å². The van der Waals surface area contributed by atoms with Gasteiger partial charge < -0.3 is 20.1 Å². The highest BCUT2D eigenvalue weighted by Gasteiger charge is 2.45. The van der Waals surface area contributed by atoms with E-state index in [1.165, 1.54) is 6.07 Å². The molecule has 4 rings (SSSR count). The number of ether oxygens (including phenoxy) is 2. The number of nitrogens with one attached hydrogen (secondary N) is 2. The minimum Gasteiger partial charge on any atom is -0.454 e. The Hall–Kier alpha value is -2.76. The first-order valence-electron chi connectivity index (χ1n) is 8.78. The number of halogens is 1. The molecule has 1 aliphatic carbocycles. The largest absolute Gasteiger partial charge is 0.454 e. The van der Waals surface area contributed by atoms with Gasteiger partial charge in [0, 0.05) is 25.6 Å². The predicted molar refractivity (Wildman–Crippen MR) is 98.1 cm³/mol. The van der Waals surface area contributed by atoms with Crippen molar-refractivity contribution in [1.29, 1.82) is 0 Å². The van der Waals surface area contributed by atoms with E-state index in [9.17, 15) is 4.39 Å². The van der Waals surface area contributed by atoms with E-state index < -0.39 is 0 Å². The monoisotopic (exact) mass is 355 g/mol. The molecule has 0 spiro atoms. The van der Waals surface area contributed by atoms with Gasteiger partial charge in [0.2, 0.25) is 6.79 Å². The summed E-state index contributed by atoms with van der Waals surface area (Å²) in [6.45, 7) is 1.55. The van der Waals surface area contributed by atoms with Crippen molar-refractivity contribution in [3.63, 3.8) is 0 Å². The molecule has 0 bridgehead atoms. The molecule has 2 aromatic carbocycles. The van der Waals surface area contributed by atoms with Gasteiger partial charge in [-0.3, -0.25) is 4.99 Å². The molecule has 0 amide bonds. The Morgan fingerprint density at radius 1 is 1.12 bits per heavy atom. The van der Waals surface area contributed by atoms with E-state index in [0.717, 1.165) is 35.5 Å². The molecular formula is C20H22FN3O2. The van der Waals surface area contributed by atoms with Crippen LogP contribution < -0.4 is 20.1 Å². The Labute approximate surface area is 152 Å². The molecule has 0 aromatic heterocycles. The number of fused-ring (bicyclic) bond motifs is 1. The number of guanidine groups is 1. The number of rotatable bonds is 5. The number of benzene rings is 2. The van der Waals surface area contributed by atoms with Crippen molar-refractivity contribution < 1.29 is 13.9 Å². The van der Waals surface area contributed by atoms with Crippen molar-refractivity contribution in [2.45, 2.75) is 24.8 Å². The fourth-order valence-electron chi connectivity index (χ4n) is 3.29. The lowest BCUT2D eigenvalue weighted by Crippen LogP contribution is -2.41. The molecule has 0 atom stereocenters. The van der Waals surface area contributed by atoms with Gasteiger partial charge in [-0.15, -0.1) is 0 Å². The lowest BCUT2D eigenvalue weighted by molar-refractivity contribution is 0.174. The highest BCUT2D eigenvalue weighted by atomic mass is 19.1. The molecular weight excluding hydrogens is 333 g/mol. The third kappa shape index (κ3) is 3.31. The van der Waals surface area contributed by atoms with Gasteiger partial charge in [0.05, 0.1) is 0 Å². The van der Waals surface area contributed by atoms with Gasteiger partial charge in [-0.2, -0.15) is 0 Å². The Kier molecular flexibility index (Phi) is 4.41. The van der Waals surface area contributed by atoms with E-state index in [0.29, 0.717) is 19.0 Å². The van der Waals surface area contributed by atoms with Crippen LogP contribution in [0, 0.1) is 5.82 Å². The Morgan fingerprint density at radius 3 is 2.69 bits per heavy atom. The van der Waals surface area contributed by atoms with E-state index in [-0.39, 0.29) is 18.0 Å². The Morgan fingerprint density at radius 2 is 1.92 bits per heavy atom. The molecule has 2 aliphatic rings. The molecule has 1 saturated carbocycles. The van der Waals surface area contributed by atoms with Crippen LogP contribution in [0.3, 0.4) is 0 Å². The fourth-order valence-corrected chi connectivity index (χ4v) is 3.29. The second kappa shape index (κ2) is 6.86. The average molecular weight is 355 g/mol. The van der Waals surface area contributed by atoms with Gasteiger partial charge in [0.1, 0.15) is 5.82 Å². The zero-order valence-electron chi connectivity index (χ0n) is 14.7. The maximum absolute atomic E-state index is 14.1. The molecule has 0 radical (unpaired) electrons. The third-order valence-electron chi connectivity index (χ3n) is 5.01. The second-order valence-electron chi connectivity index (χ2n) is 6.73. The van der Waals surface area contributed by atoms with Gasteiger partial charge >= 0.3 is 0 Å². The number of nitrogens with zero attached hydrogens (tertiary/aromatic N) is 1. The lowest BCUT2D eigenvalue weighted by Gasteiger charge is -2.19. The van der Waals surface area contributed by atoms with Crippen LogP contribution in [0.5, 0.6) is 11.5 Å². The van der Waals surface area contributed by atoms with Crippen LogP contribution in [0.15, 0.2) is 47.5 Å². The maximum atomic E-state index is 14.1. The van der Waals surface area contributed by atoms with Crippen molar-refractivity contribution in [2.75, 3.05) is 20.4 Å². The summed E-state index contributed by atoms with van der Waals surface area (Å²) < 4.78 is 24.8. The van der Waals surface area contributed by atoms with E-state index >= 15 is 0 Å². The van der Waals surface area contributed by atoms with Crippen molar-refractivity contribution in [3.05, 3.63) is 59.4 Å². The van der Waals surface area contributed by atoms with E-state index in [1.54, 1.807) is 13.1 Å². The van der Waals surface area contributed by atoms with Gasteiger partial charge in [-0.05, 0) is 42.2 Å². The van der Waals surface area contributed by atoms with Crippen LogP contribution in [-0.2, 0) is 12.0 Å². The summed E-state index contributed by atoms with van der Waals surface area (Å²) in [5.74, 6) is 2.11. The van der Waals surface area contributed by atoms with Crippen molar-refractivity contribution in [1.82, 2.24) is 10.6 Å². The molecule has 6 heteroatoms. The molecule has 136 valence electrons. The highest BCUT2D eigenvalue weighted by molar-refractivity contribution is 5.79. The first kappa shape index (κ1) is 16.7. The van der Waals surface area contributed by atoms with E-state index in [4.69, 9.17) is 9.47 Å². The molecule has 2 N–H and O–H groups in total. The second-order valence-corrected chi connectivity index (χ2v) is 6.73. The normalized spacial score (nSPS) is 17.1. The molecule has 0 saturated heterocycles. The quantitative estimate of drug-likeness (QED) is 0.640. The minimum atomic E-state index is -0.130. The summed E-state index contributed by atoms with van der Waals surface area (Å²) in [6, 6.07) is 12.9. The van der Waals surface area contributed by atoms with Crippen molar-refractivity contribution in [3.8, 4) is 11.5 Å². The van der Waals surface area contributed by atoms with Gasteiger partial charge in [-0.25, -0.2) is 4.39 Å². The molecule has 5 nitrogen and oxygen atoms in total.